The molecule has 0 amide bonds. The van der Waals surface area contributed by atoms with Gasteiger partial charge >= 0.3 is 6.18 Å². The molecule has 0 saturated heterocycles. The van der Waals surface area contributed by atoms with E-state index >= 15 is 0 Å². The normalized spacial score (nSPS) is 15.5. The fourth-order valence-corrected chi connectivity index (χ4v) is 1.49. The van der Waals surface area contributed by atoms with Crippen molar-refractivity contribution in [3.8, 4) is 0 Å². The number of hydrogen-bond acceptors (Lipinski definition) is 3. The standard InChI is InChI=1S/C11H13F4NO2/c1-16-5-9(17)10(18)6-2-3-8(12)7(4-6)11(13,14)15/h2-4,9-10,16-18H,5H2,1H3. The van der Waals surface area contributed by atoms with E-state index in [4.69, 9.17) is 0 Å². The number of benzene rings is 1. The summed E-state index contributed by atoms with van der Waals surface area (Å²) in [6.45, 7) is -0.000105. The van der Waals surface area contributed by atoms with Crippen molar-refractivity contribution in [2.75, 3.05) is 13.6 Å². The fraction of sp³-hybridized carbons (Fsp3) is 0.455. The number of hydrogen-bond donors (Lipinski definition) is 3. The van der Waals surface area contributed by atoms with Crippen LogP contribution in [0.2, 0.25) is 0 Å². The molecule has 0 radical (unpaired) electrons. The summed E-state index contributed by atoms with van der Waals surface area (Å²) < 4.78 is 50.3. The highest BCUT2D eigenvalue weighted by Gasteiger charge is 2.35. The predicted octanol–water partition coefficient (Wildman–Crippen LogP) is 1.46. The van der Waals surface area contributed by atoms with Gasteiger partial charge in [-0.3, -0.25) is 0 Å². The van der Waals surface area contributed by atoms with Gasteiger partial charge in [0, 0.05) is 6.54 Å². The Morgan fingerprint density at radius 3 is 2.39 bits per heavy atom. The highest BCUT2D eigenvalue weighted by molar-refractivity contribution is 5.29. The minimum atomic E-state index is -4.84. The first kappa shape index (κ1) is 14.9. The SMILES string of the molecule is CNCC(O)C(O)c1ccc(F)c(C(F)(F)F)c1. The van der Waals surface area contributed by atoms with Gasteiger partial charge in [-0.25, -0.2) is 4.39 Å². The van der Waals surface area contributed by atoms with E-state index in [-0.39, 0.29) is 12.1 Å². The largest absolute Gasteiger partial charge is 0.419 e. The lowest BCUT2D eigenvalue weighted by Crippen LogP contribution is -2.29. The van der Waals surface area contributed by atoms with Crippen molar-refractivity contribution in [3.05, 3.63) is 35.1 Å². The van der Waals surface area contributed by atoms with Gasteiger partial charge in [0.05, 0.1) is 11.7 Å². The number of aliphatic hydroxyl groups is 2. The zero-order valence-corrected chi connectivity index (χ0v) is 9.50. The summed E-state index contributed by atoms with van der Waals surface area (Å²) >= 11 is 0. The molecular formula is C11H13F4NO2. The van der Waals surface area contributed by atoms with E-state index in [0.29, 0.717) is 12.1 Å². The number of aliphatic hydroxyl groups excluding tert-OH is 2. The molecule has 2 unspecified atom stereocenters. The number of alkyl halides is 3. The molecule has 2 atom stereocenters. The predicted molar refractivity (Wildman–Crippen MR) is 56.3 cm³/mol. The van der Waals surface area contributed by atoms with Gasteiger partial charge in [0.1, 0.15) is 11.9 Å². The molecule has 7 heteroatoms. The second-order valence-electron chi connectivity index (χ2n) is 3.81. The van der Waals surface area contributed by atoms with Crippen LogP contribution in [0.5, 0.6) is 0 Å². The van der Waals surface area contributed by atoms with Gasteiger partial charge in [-0.05, 0) is 24.7 Å². The Hall–Kier alpha value is -1.18. The molecule has 3 nitrogen and oxygen atoms in total. The maximum Gasteiger partial charge on any atom is 0.419 e. The summed E-state index contributed by atoms with van der Waals surface area (Å²) in [7, 11) is 1.52. The van der Waals surface area contributed by atoms with Crippen molar-refractivity contribution in [1.82, 2.24) is 5.32 Å². The lowest BCUT2D eigenvalue weighted by Gasteiger charge is -2.19. The number of rotatable bonds is 4. The summed E-state index contributed by atoms with van der Waals surface area (Å²) in [5.41, 5.74) is -1.65. The first-order valence-corrected chi connectivity index (χ1v) is 5.14. The highest BCUT2D eigenvalue weighted by atomic mass is 19.4. The van der Waals surface area contributed by atoms with Crippen molar-refractivity contribution in [1.29, 1.82) is 0 Å². The van der Waals surface area contributed by atoms with Crippen LogP contribution in [-0.2, 0) is 6.18 Å². The van der Waals surface area contributed by atoms with E-state index in [1.807, 2.05) is 0 Å². The second-order valence-corrected chi connectivity index (χ2v) is 3.81. The molecule has 0 aliphatic carbocycles. The first-order chi connectivity index (χ1) is 8.27. The van der Waals surface area contributed by atoms with Crippen LogP contribution in [0.4, 0.5) is 17.6 Å². The van der Waals surface area contributed by atoms with Crippen molar-refractivity contribution in [2.24, 2.45) is 0 Å². The lowest BCUT2D eigenvalue weighted by atomic mass is 10.0. The minimum absolute atomic E-state index is 0.000105. The fourth-order valence-electron chi connectivity index (χ4n) is 1.49. The monoisotopic (exact) mass is 267 g/mol. The summed E-state index contributed by atoms with van der Waals surface area (Å²) in [6.07, 6.45) is -7.63. The average Bonchev–Trinajstić information content (AvgIpc) is 2.27. The molecule has 18 heavy (non-hydrogen) atoms. The van der Waals surface area contributed by atoms with E-state index in [9.17, 15) is 27.8 Å². The summed E-state index contributed by atoms with van der Waals surface area (Å²) in [4.78, 5) is 0. The Bertz CT molecular complexity index is 409. The molecule has 0 aliphatic rings. The molecule has 1 aromatic rings. The number of nitrogens with one attached hydrogen (secondary N) is 1. The van der Waals surface area contributed by atoms with Gasteiger partial charge < -0.3 is 15.5 Å². The topological polar surface area (TPSA) is 52.5 Å². The zero-order chi connectivity index (χ0) is 13.9. The van der Waals surface area contributed by atoms with E-state index in [0.717, 1.165) is 6.07 Å². The molecule has 0 aromatic heterocycles. The highest BCUT2D eigenvalue weighted by Crippen LogP contribution is 2.33. The molecule has 0 fully saturated rings. The van der Waals surface area contributed by atoms with Crippen molar-refractivity contribution >= 4 is 0 Å². The third-order valence-electron chi connectivity index (χ3n) is 2.42. The van der Waals surface area contributed by atoms with Crippen molar-refractivity contribution in [3.63, 3.8) is 0 Å². The average molecular weight is 267 g/mol. The van der Waals surface area contributed by atoms with Crippen LogP contribution in [0.1, 0.15) is 17.2 Å². The van der Waals surface area contributed by atoms with Crippen LogP contribution < -0.4 is 5.32 Å². The van der Waals surface area contributed by atoms with Gasteiger partial charge in [0.15, 0.2) is 0 Å². The Morgan fingerprint density at radius 1 is 1.28 bits per heavy atom. The molecule has 102 valence electrons. The van der Waals surface area contributed by atoms with Crippen LogP contribution in [0.3, 0.4) is 0 Å². The molecule has 0 heterocycles. The van der Waals surface area contributed by atoms with E-state index in [2.05, 4.69) is 5.32 Å². The maximum atomic E-state index is 13.0. The molecule has 3 N–H and O–H groups in total. The van der Waals surface area contributed by atoms with Crippen LogP contribution in [0.25, 0.3) is 0 Å². The van der Waals surface area contributed by atoms with Crippen LogP contribution in [-0.4, -0.2) is 29.9 Å². The molecule has 0 spiro atoms. The minimum Gasteiger partial charge on any atom is -0.389 e. The second kappa shape index (κ2) is 5.64. The van der Waals surface area contributed by atoms with Gasteiger partial charge in [0.25, 0.3) is 0 Å². The Labute approximate surface area is 101 Å². The summed E-state index contributed by atoms with van der Waals surface area (Å²) in [5, 5.41) is 21.6. The summed E-state index contributed by atoms with van der Waals surface area (Å²) in [6, 6.07) is 2.13. The van der Waals surface area contributed by atoms with Crippen LogP contribution >= 0.6 is 0 Å². The molecule has 1 rings (SSSR count). The van der Waals surface area contributed by atoms with E-state index in [1.165, 1.54) is 7.05 Å². The van der Waals surface area contributed by atoms with Gasteiger partial charge in [-0.1, -0.05) is 6.07 Å². The van der Waals surface area contributed by atoms with E-state index < -0.39 is 29.8 Å². The molecule has 0 bridgehead atoms. The third-order valence-corrected chi connectivity index (χ3v) is 2.42. The molecule has 1 aromatic carbocycles. The van der Waals surface area contributed by atoms with Gasteiger partial charge in [-0.15, -0.1) is 0 Å². The Kier molecular flexibility index (Phi) is 4.66. The summed E-state index contributed by atoms with van der Waals surface area (Å²) in [5.74, 6) is -1.42. The van der Waals surface area contributed by atoms with E-state index in [1.54, 1.807) is 0 Å². The smallest absolute Gasteiger partial charge is 0.389 e. The quantitative estimate of drug-likeness (QED) is 0.724. The Balaban J connectivity index is 3.05. The third kappa shape index (κ3) is 3.41. The first-order valence-electron chi connectivity index (χ1n) is 5.14. The number of halogens is 4. The molecular weight excluding hydrogens is 254 g/mol. The molecule has 0 saturated carbocycles. The van der Waals surface area contributed by atoms with Gasteiger partial charge in [0.2, 0.25) is 0 Å². The van der Waals surface area contributed by atoms with Crippen LogP contribution in [0, 0.1) is 5.82 Å². The number of likely N-dealkylation sites (N-methyl/N-ethyl adjacent to an activating group) is 1. The van der Waals surface area contributed by atoms with Crippen LogP contribution in [0.15, 0.2) is 18.2 Å². The Morgan fingerprint density at radius 2 is 1.89 bits per heavy atom. The van der Waals surface area contributed by atoms with Crippen molar-refractivity contribution < 1.29 is 27.8 Å². The molecule has 0 aliphatic heterocycles. The zero-order valence-electron chi connectivity index (χ0n) is 9.50. The maximum absolute atomic E-state index is 13.0. The lowest BCUT2D eigenvalue weighted by molar-refractivity contribution is -0.140. The van der Waals surface area contributed by atoms with Gasteiger partial charge in [-0.2, -0.15) is 13.2 Å². The van der Waals surface area contributed by atoms with Crippen molar-refractivity contribution in [2.45, 2.75) is 18.4 Å².